The van der Waals surface area contributed by atoms with Crippen LogP contribution < -0.4 is 9.46 Å². The molecule has 1 aliphatic rings. The average molecular weight is 412 g/mol. The lowest BCUT2D eigenvalue weighted by molar-refractivity contribution is 0.0180. The van der Waals surface area contributed by atoms with Crippen LogP contribution in [0.25, 0.3) is 11.3 Å². The Morgan fingerprint density at radius 3 is 2.79 bits per heavy atom. The van der Waals surface area contributed by atoms with Crippen LogP contribution in [0.1, 0.15) is 13.3 Å². The minimum absolute atomic E-state index is 0.00849. The largest absolute Gasteiger partial charge is 0.490 e. The molecule has 2 atom stereocenters. The first-order chi connectivity index (χ1) is 13.4. The Labute approximate surface area is 162 Å². The zero-order valence-electron chi connectivity index (χ0n) is 15.4. The molecule has 2 aromatic rings. The van der Waals surface area contributed by atoms with E-state index in [2.05, 4.69) is 9.71 Å². The molecule has 3 rings (SSSR count). The maximum Gasteiger partial charge on any atom is 0.211 e. The summed E-state index contributed by atoms with van der Waals surface area (Å²) in [4.78, 5) is 3.93. The molecule has 2 heterocycles. The maximum absolute atomic E-state index is 14.4. The lowest BCUT2D eigenvalue weighted by atomic mass is 9.98. The summed E-state index contributed by atoms with van der Waals surface area (Å²) in [5.74, 6) is -1.23. The van der Waals surface area contributed by atoms with E-state index in [1.54, 1.807) is 13.0 Å². The van der Waals surface area contributed by atoms with Gasteiger partial charge in [0.1, 0.15) is 5.82 Å². The fourth-order valence-electron chi connectivity index (χ4n) is 2.95. The second-order valence-electron chi connectivity index (χ2n) is 6.57. The summed E-state index contributed by atoms with van der Waals surface area (Å²) in [6, 6.07) is 6.78. The van der Waals surface area contributed by atoms with Crippen LogP contribution in [0.5, 0.6) is 5.75 Å². The van der Waals surface area contributed by atoms with Gasteiger partial charge in [0.25, 0.3) is 0 Å². The predicted molar refractivity (Wildman–Crippen MR) is 100 cm³/mol. The second-order valence-corrected chi connectivity index (χ2v) is 8.61. The number of ether oxygens (including phenoxy) is 2. The first kappa shape index (κ1) is 20.6. The van der Waals surface area contributed by atoms with Gasteiger partial charge in [-0.05, 0) is 43.7 Å². The summed E-state index contributed by atoms with van der Waals surface area (Å²) >= 11 is 0. The minimum Gasteiger partial charge on any atom is -0.490 e. The summed E-state index contributed by atoms with van der Waals surface area (Å²) in [6.45, 7) is 2.47. The zero-order valence-corrected chi connectivity index (χ0v) is 16.2. The summed E-state index contributed by atoms with van der Waals surface area (Å²) in [6.07, 6.45) is 1.60. The van der Waals surface area contributed by atoms with Crippen LogP contribution in [0.4, 0.5) is 8.78 Å². The van der Waals surface area contributed by atoms with Gasteiger partial charge in [-0.25, -0.2) is 21.9 Å². The SMILES string of the molecule is CCS(=O)(=O)N[C@@H]1CCOC[C@H]1COc1ccc(-c2ccc(F)cn2)cc1F. The maximum atomic E-state index is 14.4. The van der Waals surface area contributed by atoms with E-state index in [0.717, 1.165) is 6.20 Å². The Morgan fingerprint density at radius 2 is 2.11 bits per heavy atom. The molecule has 9 heteroatoms. The molecule has 1 fully saturated rings. The van der Waals surface area contributed by atoms with Gasteiger partial charge in [-0.3, -0.25) is 4.98 Å². The molecule has 0 amide bonds. The summed E-state index contributed by atoms with van der Waals surface area (Å²) in [7, 11) is -3.35. The predicted octanol–water partition coefficient (Wildman–Crippen LogP) is 2.75. The van der Waals surface area contributed by atoms with Crippen molar-refractivity contribution in [2.75, 3.05) is 25.6 Å². The third kappa shape index (κ3) is 5.24. The first-order valence-corrected chi connectivity index (χ1v) is 10.6. The molecule has 0 radical (unpaired) electrons. The highest BCUT2D eigenvalue weighted by atomic mass is 32.2. The zero-order chi connectivity index (χ0) is 20.1. The van der Waals surface area contributed by atoms with Gasteiger partial charge in [-0.2, -0.15) is 0 Å². The van der Waals surface area contributed by atoms with Crippen LogP contribution in [-0.4, -0.2) is 45.0 Å². The number of aromatic nitrogens is 1. The molecule has 152 valence electrons. The van der Waals surface area contributed by atoms with Gasteiger partial charge in [-0.1, -0.05) is 0 Å². The topological polar surface area (TPSA) is 77.5 Å². The molecule has 0 saturated carbocycles. The molecule has 0 unspecified atom stereocenters. The van der Waals surface area contributed by atoms with Crippen LogP contribution in [0.15, 0.2) is 36.5 Å². The molecule has 1 aromatic heterocycles. The number of hydrogen-bond donors (Lipinski definition) is 1. The van der Waals surface area contributed by atoms with Gasteiger partial charge in [0.15, 0.2) is 11.6 Å². The summed E-state index contributed by atoms with van der Waals surface area (Å²) in [5.41, 5.74) is 0.945. The molecule has 0 spiro atoms. The van der Waals surface area contributed by atoms with E-state index in [-0.39, 0.29) is 30.1 Å². The Morgan fingerprint density at radius 1 is 1.29 bits per heavy atom. The highest BCUT2D eigenvalue weighted by Crippen LogP contribution is 2.26. The van der Waals surface area contributed by atoms with E-state index in [4.69, 9.17) is 9.47 Å². The van der Waals surface area contributed by atoms with Crippen LogP contribution in [0.2, 0.25) is 0 Å². The minimum atomic E-state index is -3.35. The van der Waals surface area contributed by atoms with Crippen molar-refractivity contribution in [3.05, 3.63) is 48.2 Å². The third-order valence-electron chi connectivity index (χ3n) is 4.59. The average Bonchev–Trinajstić information content (AvgIpc) is 2.68. The fraction of sp³-hybridized carbons (Fsp3) is 0.421. The van der Waals surface area contributed by atoms with Crippen molar-refractivity contribution in [1.82, 2.24) is 9.71 Å². The van der Waals surface area contributed by atoms with Crippen molar-refractivity contribution < 1.29 is 26.7 Å². The molecule has 0 aliphatic carbocycles. The molecule has 6 nitrogen and oxygen atoms in total. The van der Waals surface area contributed by atoms with Crippen molar-refractivity contribution in [3.8, 4) is 17.0 Å². The molecule has 1 aromatic carbocycles. The molecular weight excluding hydrogens is 390 g/mol. The van der Waals surface area contributed by atoms with Gasteiger partial charge < -0.3 is 9.47 Å². The third-order valence-corrected chi connectivity index (χ3v) is 6.02. The van der Waals surface area contributed by atoms with Crippen molar-refractivity contribution >= 4 is 10.0 Å². The number of nitrogens with zero attached hydrogens (tertiary/aromatic N) is 1. The molecule has 1 aliphatic heterocycles. The highest BCUT2D eigenvalue weighted by molar-refractivity contribution is 7.89. The van der Waals surface area contributed by atoms with Gasteiger partial charge >= 0.3 is 0 Å². The highest BCUT2D eigenvalue weighted by Gasteiger charge is 2.29. The Hall–Kier alpha value is -2.10. The molecule has 28 heavy (non-hydrogen) atoms. The molecule has 1 saturated heterocycles. The lowest BCUT2D eigenvalue weighted by Gasteiger charge is -2.31. The summed E-state index contributed by atoms with van der Waals surface area (Å²) in [5, 5.41) is 0. The van der Waals surface area contributed by atoms with E-state index >= 15 is 0 Å². The fourth-order valence-corrected chi connectivity index (χ4v) is 3.89. The van der Waals surface area contributed by atoms with Gasteiger partial charge in [0.05, 0.1) is 30.9 Å². The normalized spacial score (nSPS) is 20.1. The number of sulfonamides is 1. The lowest BCUT2D eigenvalue weighted by Crippen LogP contribution is -2.48. The van der Waals surface area contributed by atoms with Gasteiger partial charge in [0, 0.05) is 24.1 Å². The van der Waals surface area contributed by atoms with Crippen LogP contribution in [0.3, 0.4) is 0 Å². The van der Waals surface area contributed by atoms with E-state index in [1.807, 2.05) is 0 Å². The molecule has 1 N–H and O–H groups in total. The van der Waals surface area contributed by atoms with Gasteiger partial charge in [0.2, 0.25) is 10.0 Å². The van der Waals surface area contributed by atoms with Crippen LogP contribution in [-0.2, 0) is 14.8 Å². The monoisotopic (exact) mass is 412 g/mol. The Bertz CT molecular complexity index is 907. The van der Waals surface area contributed by atoms with E-state index in [1.165, 1.54) is 24.3 Å². The second kappa shape index (κ2) is 8.93. The van der Waals surface area contributed by atoms with Crippen molar-refractivity contribution in [1.29, 1.82) is 0 Å². The van der Waals surface area contributed by atoms with Crippen LogP contribution >= 0.6 is 0 Å². The number of hydrogen-bond acceptors (Lipinski definition) is 5. The number of rotatable bonds is 7. The molecular formula is C19H22F2N2O4S. The number of nitrogens with one attached hydrogen (secondary N) is 1. The van der Waals surface area contributed by atoms with Crippen LogP contribution in [0, 0.1) is 17.6 Å². The van der Waals surface area contributed by atoms with E-state index in [9.17, 15) is 17.2 Å². The Balaban J connectivity index is 1.67. The van der Waals surface area contributed by atoms with Crippen molar-refractivity contribution in [3.63, 3.8) is 0 Å². The summed E-state index contributed by atoms with van der Waals surface area (Å²) < 4.78 is 64.8. The number of benzene rings is 1. The standard InChI is InChI=1S/C19H22F2N2O4S/c1-2-28(24,25)23-18-7-8-26-11-14(18)12-27-19-6-3-13(9-16(19)21)17-5-4-15(20)10-22-17/h3-6,9-10,14,18,23H,2,7-8,11-12H2,1H3/t14-,18+/m0/s1. The number of pyridine rings is 1. The Kier molecular flexibility index (Phi) is 6.58. The van der Waals surface area contributed by atoms with Gasteiger partial charge in [-0.15, -0.1) is 0 Å². The quantitative estimate of drug-likeness (QED) is 0.757. The smallest absolute Gasteiger partial charge is 0.211 e. The van der Waals surface area contributed by atoms with Crippen molar-refractivity contribution in [2.45, 2.75) is 19.4 Å². The van der Waals surface area contributed by atoms with Crippen molar-refractivity contribution in [2.24, 2.45) is 5.92 Å². The number of halogens is 2. The first-order valence-electron chi connectivity index (χ1n) is 9.00. The van der Waals surface area contributed by atoms with E-state index in [0.29, 0.717) is 30.9 Å². The molecule has 0 bridgehead atoms. The van der Waals surface area contributed by atoms with E-state index < -0.39 is 21.7 Å².